The number of para-hydroxylation sites is 2. The van der Waals surface area contributed by atoms with Crippen molar-refractivity contribution in [3.8, 4) is 0 Å². The van der Waals surface area contributed by atoms with Crippen LogP contribution >= 0.6 is 0 Å². The molecule has 2 aromatic carbocycles. The van der Waals surface area contributed by atoms with Gasteiger partial charge in [0.15, 0.2) is 0 Å². The lowest BCUT2D eigenvalue weighted by atomic mass is 10.1. The predicted molar refractivity (Wildman–Crippen MR) is 95.7 cm³/mol. The van der Waals surface area contributed by atoms with Crippen LogP contribution in [0.5, 0.6) is 0 Å². The molecule has 0 bridgehead atoms. The van der Waals surface area contributed by atoms with Crippen LogP contribution in [0.15, 0.2) is 51.7 Å². The number of amides is 1. The summed E-state index contributed by atoms with van der Waals surface area (Å²) >= 11 is 0. The Balaban J connectivity index is 2.04. The molecule has 1 aromatic heterocycles. The summed E-state index contributed by atoms with van der Waals surface area (Å²) in [6.45, 7) is 5.82. The summed E-state index contributed by atoms with van der Waals surface area (Å²) in [7, 11) is 0. The number of hydrogen-bond acceptors (Lipinski definition) is 3. The molecule has 0 aliphatic heterocycles. The first kappa shape index (κ1) is 16.0. The molecule has 4 heteroatoms. The Kier molecular flexibility index (Phi) is 4.21. The molecular formula is C20H19NO3. The van der Waals surface area contributed by atoms with E-state index in [1.54, 1.807) is 6.07 Å². The van der Waals surface area contributed by atoms with E-state index in [1.165, 1.54) is 0 Å². The van der Waals surface area contributed by atoms with Crippen LogP contribution in [0.4, 0.5) is 5.69 Å². The molecule has 0 spiro atoms. The van der Waals surface area contributed by atoms with Gasteiger partial charge in [-0.05, 0) is 43.0 Å². The van der Waals surface area contributed by atoms with Gasteiger partial charge in [-0.2, -0.15) is 0 Å². The molecular weight excluding hydrogens is 302 g/mol. The van der Waals surface area contributed by atoms with Gasteiger partial charge in [-0.25, -0.2) is 4.79 Å². The van der Waals surface area contributed by atoms with E-state index in [1.807, 2.05) is 57.2 Å². The highest BCUT2D eigenvalue weighted by molar-refractivity contribution is 6.06. The number of hydrogen-bond donors (Lipinski definition) is 1. The third-order valence-electron chi connectivity index (χ3n) is 4.18. The third-order valence-corrected chi connectivity index (χ3v) is 4.18. The summed E-state index contributed by atoms with van der Waals surface area (Å²) in [6.07, 6.45) is 0.794. The number of carbonyl (C=O) groups excluding carboxylic acids is 1. The van der Waals surface area contributed by atoms with E-state index in [4.69, 9.17) is 4.42 Å². The maximum absolute atomic E-state index is 12.6. The van der Waals surface area contributed by atoms with E-state index in [0.29, 0.717) is 5.58 Å². The van der Waals surface area contributed by atoms with Crippen molar-refractivity contribution in [2.45, 2.75) is 27.2 Å². The van der Waals surface area contributed by atoms with Crippen molar-refractivity contribution in [2.75, 3.05) is 5.32 Å². The molecule has 24 heavy (non-hydrogen) atoms. The van der Waals surface area contributed by atoms with Gasteiger partial charge in [-0.15, -0.1) is 0 Å². The lowest BCUT2D eigenvalue weighted by Crippen LogP contribution is -2.21. The zero-order valence-electron chi connectivity index (χ0n) is 14.0. The fourth-order valence-corrected chi connectivity index (χ4v) is 2.83. The van der Waals surface area contributed by atoms with E-state index in [0.717, 1.165) is 34.2 Å². The van der Waals surface area contributed by atoms with Crippen molar-refractivity contribution in [3.63, 3.8) is 0 Å². The van der Waals surface area contributed by atoms with Gasteiger partial charge in [0, 0.05) is 11.1 Å². The van der Waals surface area contributed by atoms with Crippen LogP contribution in [0, 0.1) is 13.8 Å². The van der Waals surface area contributed by atoms with Crippen molar-refractivity contribution in [3.05, 3.63) is 75.1 Å². The Hall–Kier alpha value is -2.88. The quantitative estimate of drug-likeness (QED) is 0.735. The normalized spacial score (nSPS) is 10.8. The molecule has 1 amide bonds. The predicted octanol–water partition coefficient (Wildman–Crippen LogP) is 4.22. The van der Waals surface area contributed by atoms with Crippen LogP contribution in [-0.2, 0) is 6.42 Å². The van der Waals surface area contributed by atoms with Crippen molar-refractivity contribution in [1.82, 2.24) is 0 Å². The second kappa shape index (κ2) is 6.32. The number of fused-ring (bicyclic) bond motifs is 1. The van der Waals surface area contributed by atoms with Gasteiger partial charge >= 0.3 is 5.63 Å². The maximum Gasteiger partial charge on any atom is 0.349 e. The van der Waals surface area contributed by atoms with Crippen molar-refractivity contribution < 1.29 is 9.21 Å². The number of aryl methyl sites for hydroxylation is 3. The first-order valence-corrected chi connectivity index (χ1v) is 7.94. The molecule has 0 saturated heterocycles. The van der Waals surface area contributed by atoms with E-state index < -0.39 is 11.5 Å². The number of anilines is 1. The van der Waals surface area contributed by atoms with E-state index in [2.05, 4.69) is 5.32 Å². The number of nitrogens with one attached hydrogen (secondary N) is 1. The van der Waals surface area contributed by atoms with E-state index >= 15 is 0 Å². The topological polar surface area (TPSA) is 59.3 Å². The second-order valence-corrected chi connectivity index (χ2v) is 5.86. The Morgan fingerprint density at radius 3 is 2.54 bits per heavy atom. The van der Waals surface area contributed by atoms with Gasteiger partial charge in [-0.3, -0.25) is 4.79 Å². The molecule has 1 N–H and O–H groups in total. The molecule has 0 radical (unpaired) electrons. The second-order valence-electron chi connectivity index (χ2n) is 5.86. The molecule has 4 nitrogen and oxygen atoms in total. The summed E-state index contributed by atoms with van der Waals surface area (Å²) in [5.41, 5.74) is 3.52. The third kappa shape index (κ3) is 2.83. The standard InChI is InChI=1S/C20H19NO3/c1-4-14-9-5-7-12(2)17(14)21-19(22)16-11-15-10-6-8-13(3)18(15)24-20(16)23/h5-11H,4H2,1-3H3,(H,21,22). The highest BCUT2D eigenvalue weighted by atomic mass is 16.4. The fourth-order valence-electron chi connectivity index (χ4n) is 2.83. The fraction of sp³-hybridized carbons (Fsp3) is 0.200. The molecule has 1 heterocycles. The number of benzene rings is 2. The lowest BCUT2D eigenvalue weighted by Gasteiger charge is -2.12. The highest BCUT2D eigenvalue weighted by Gasteiger charge is 2.16. The Bertz CT molecular complexity index is 986. The molecule has 3 aromatic rings. The van der Waals surface area contributed by atoms with Crippen molar-refractivity contribution in [1.29, 1.82) is 0 Å². The van der Waals surface area contributed by atoms with Crippen LogP contribution in [0.1, 0.15) is 34.0 Å². The first-order chi connectivity index (χ1) is 11.5. The molecule has 0 saturated carbocycles. The van der Waals surface area contributed by atoms with Gasteiger partial charge < -0.3 is 9.73 Å². The zero-order valence-corrected chi connectivity index (χ0v) is 14.0. The smallest absolute Gasteiger partial charge is 0.349 e. The Morgan fingerprint density at radius 2 is 1.79 bits per heavy atom. The van der Waals surface area contributed by atoms with Crippen molar-refractivity contribution in [2.24, 2.45) is 0 Å². The van der Waals surface area contributed by atoms with Crippen LogP contribution in [0.25, 0.3) is 11.0 Å². The molecule has 0 aliphatic rings. The summed E-state index contributed by atoms with van der Waals surface area (Å²) < 4.78 is 5.35. The summed E-state index contributed by atoms with van der Waals surface area (Å²) in [6, 6.07) is 13.0. The minimum atomic E-state index is -0.624. The van der Waals surface area contributed by atoms with Crippen LogP contribution in [0.2, 0.25) is 0 Å². The summed E-state index contributed by atoms with van der Waals surface area (Å²) in [5.74, 6) is -0.448. The van der Waals surface area contributed by atoms with Crippen LogP contribution < -0.4 is 10.9 Å². The van der Waals surface area contributed by atoms with Gasteiger partial charge in [-0.1, -0.05) is 43.3 Å². The van der Waals surface area contributed by atoms with Gasteiger partial charge in [0.1, 0.15) is 11.1 Å². The summed E-state index contributed by atoms with van der Waals surface area (Å²) in [5, 5.41) is 3.60. The highest BCUT2D eigenvalue weighted by Crippen LogP contribution is 2.22. The minimum absolute atomic E-state index is 0.0124. The van der Waals surface area contributed by atoms with E-state index in [9.17, 15) is 9.59 Å². The molecule has 0 atom stereocenters. The number of rotatable bonds is 3. The first-order valence-electron chi connectivity index (χ1n) is 7.94. The molecule has 3 rings (SSSR count). The Morgan fingerprint density at radius 1 is 1.08 bits per heavy atom. The summed E-state index contributed by atoms with van der Waals surface area (Å²) in [4.78, 5) is 24.8. The SMILES string of the molecule is CCc1cccc(C)c1NC(=O)c1cc2cccc(C)c2oc1=O. The van der Waals surface area contributed by atoms with Gasteiger partial charge in [0.2, 0.25) is 0 Å². The zero-order chi connectivity index (χ0) is 17.3. The van der Waals surface area contributed by atoms with Crippen LogP contribution in [0.3, 0.4) is 0 Å². The minimum Gasteiger partial charge on any atom is -0.422 e. The lowest BCUT2D eigenvalue weighted by molar-refractivity contribution is 0.102. The van der Waals surface area contributed by atoms with Crippen molar-refractivity contribution >= 4 is 22.6 Å². The average molecular weight is 321 g/mol. The monoisotopic (exact) mass is 321 g/mol. The van der Waals surface area contributed by atoms with Crippen LogP contribution in [-0.4, -0.2) is 5.91 Å². The largest absolute Gasteiger partial charge is 0.422 e. The molecule has 122 valence electrons. The average Bonchev–Trinajstić information content (AvgIpc) is 2.57. The molecule has 0 aliphatic carbocycles. The number of carbonyl (C=O) groups is 1. The van der Waals surface area contributed by atoms with Gasteiger partial charge in [0.25, 0.3) is 5.91 Å². The molecule has 0 fully saturated rings. The van der Waals surface area contributed by atoms with Gasteiger partial charge in [0.05, 0.1) is 0 Å². The van der Waals surface area contributed by atoms with E-state index in [-0.39, 0.29) is 5.56 Å². The molecule has 0 unspecified atom stereocenters. The Labute approximate surface area is 140 Å². The maximum atomic E-state index is 12.6.